The summed E-state index contributed by atoms with van der Waals surface area (Å²) in [6.45, 7) is 11.5. The Balaban J connectivity index is 4.75. The fourth-order valence-electron chi connectivity index (χ4n) is 8.35. The quantitative estimate of drug-likeness (QED) is 0.0164. The van der Waals surface area contributed by atoms with Crippen LogP contribution in [0.3, 0.4) is 0 Å². The number of ketones is 2. The molecule has 6 heteroatoms. The molecule has 0 bridgehead atoms. The van der Waals surface area contributed by atoms with E-state index in [1.54, 1.807) is 17.7 Å². The third kappa shape index (κ3) is 42.9. The summed E-state index contributed by atoms with van der Waals surface area (Å²) in [6.07, 6.45) is 53.4. The number of carbonyl (C=O) groups is 3. The van der Waals surface area contributed by atoms with Crippen LogP contribution in [0.25, 0.3) is 0 Å². The fourth-order valence-corrected chi connectivity index (χ4v) is 8.35. The molecule has 0 aliphatic rings. The zero-order valence-electron chi connectivity index (χ0n) is 41.7. The second-order valence-electron chi connectivity index (χ2n) is 18.6. The van der Waals surface area contributed by atoms with E-state index in [-0.39, 0.29) is 23.6 Å². The Morgan fingerprint density at radius 2 is 0.968 bits per heavy atom. The molecule has 1 unspecified atom stereocenters. The minimum atomic E-state index is -0.364. The van der Waals surface area contributed by atoms with Crippen molar-refractivity contribution in [3.63, 3.8) is 0 Å². The minimum Gasteiger partial charge on any atom is -0.462 e. The molecule has 0 aromatic carbocycles. The molecule has 1 N–H and O–H groups in total. The van der Waals surface area contributed by atoms with Crippen LogP contribution in [0.1, 0.15) is 279 Å². The number of rotatable bonds is 48. The van der Waals surface area contributed by atoms with E-state index in [4.69, 9.17) is 14.9 Å². The Kier molecular flexibility index (Phi) is 44.9. The highest BCUT2D eigenvalue weighted by atomic mass is 16.5. The van der Waals surface area contributed by atoms with Crippen LogP contribution in [0.15, 0.2) is 35.5 Å². The summed E-state index contributed by atoms with van der Waals surface area (Å²) in [4.78, 5) is 36.3. The first-order chi connectivity index (χ1) is 30.2. The molecular formula is C56H101NO5. The van der Waals surface area contributed by atoms with Crippen LogP contribution in [0.5, 0.6) is 0 Å². The molecule has 0 aliphatic carbocycles. The van der Waals surface area contributed by atoms with Crippen molar-refractivity contribution < 1.29 is 23.9 Å². The Hall–Kier alpha value is -2.34. The first-order valence-corrected chi connectivity index (χ1v) is 26.7. The summed E-state index contributed by atoms with van der Waals surface area (Å²) in [5.41, 5.74) is 2.41. The second-order valence-corrected chi connectivity index (χ2v) is 18.6. The van der Waals surface area contributed by atoms with Crippen molar-refractivity contribution in [1.29, 1.82) is 5.41 Å². The normalized spacial score (nSPS) is 12.7. The van der Waals surface area contributed by atoms with Crippen LogP contribution in [0, 0.1) is 5.41 Å². The lowest BCUT2D eigenvalue weighted by Crippen LogP contribution is -2.18. The van der Waals surface area contributed by atoms with Crippen molar-refractivity contribution in [2.45, 2.75) is 291 Å². The first kappa shape index (κ1) is 59.7. The van der Waals surface area contributed by atoms with E-state index in [0.29, 0.717) is 12.5 Å². The summed E-state index contributed by atoms with van der Waals surface area (Å²) in [5.74, 6) is -0.370. The number of hydrogen-bond acceptors (Lipinski definition) is 6. The van der Waals surface area contributed by atoms with Crippen LogP contribution < -0.4 is 0 Å². The average Bonchev–Trinajstić information content (AvgIpc) is 3.25. The smallest absolute Gasteiger partial charge is 0.306 e. The number of hydrogen-bond donors (Lipinski definition) is 1. The lowest BCUT2D eigenvalue weighted by molar-refractivity contribution is -0.150. The fraction of sp³-hybridized carbons (Fsp3) is 0.821. The Bertz CT molecular complexity index is 1140. The molecule has 0 amide bonds. The molecular weight excluding hydrogens is 767 g/mol. The summed E-state index contributed by atoms with van der Waals surface area (Å²) in [5, 5.41) is 7.15. The topological polar surface area (TPSA) is 93.5 Å². The predicted molar refractivity (Wildman–Crippen MR) is 268 cm³/mol. The van der Waals surface area contributed by atoms with Gasteiger partial charge in [0.25, 0.3) is 0 Å². The maximum Gasteiger partial charge on any atom is 0.306 e. The number of carbonyl (C=O) groups excluding carboxylic acids is 3. The van der Waals surface area contributed by atoms with Crippen molar-refractivity contribution in [3.05, 3.63) is 35.5 Å². The van der Waals surface area contributed by atoms with Gasteiger partial charge in [-0.15, -0.1) is 0 Å². The van der Waals surface area contributed by atoms with Gasteiger partial charge in [0, 0.05) is 13.0 Å². The highest BCUT2D eigenvalue weighted by molar-refractivity contribution is 6.31. The molecule has 360 valence electrons. The van der Waals surface area contributed by atoms with Gasteiger partial charge in [-0.05, 0) is 121 Å². The molecule has 62 heavy (non-hydrogen) atoms. The largest absolute Gasteiger partial charge is 0.462 e. The zero-order chi connectivity index (χ0) is 45.6. The molecule has 0 aromatic rings. The minimum absolute atomic E-state index is 0.0175. The molecule has 1 atom stereocenters. The number of nitrogens with one attached hydrogen (secondary N) is 1. The van der Waals surface area contributed by atoms with Gasteiger partial charge in [-0.2, -0.15) is 0 Å². The van der Waals surface area contributed by atoms with Gasteiger partial charge in [-0.1, -0.05) is 186 Å². The molecule has 0 radical (unpaired) electrons. The van der Waals surface area contributed by atoms with Crippen molar-refractivity contribution in [2.24, 2.45) is 0 Å². The van der Waals surface area contributed by atoms with Crippen LogP contribution in [0.4, 0.5) is 0 Å². The monoisotopic (exact) mass is 868 g/mol. The van der Waals surface area contributed by atoms with Gasteiger partial charge >= 0.3 is 5.97 Å². The molecule has 0 saturated carbocycles. The van der Waals surface area contributed by atoms with Crippen molar-refractivity contribution in [2.75, 3.05) is 6.61 Å². The van der Waals surface area contributed by atoms with Gasteiger partial charge in [-0.3, -0.25) is 14.4 Å². The third-order valence-corrected chi connectivity index (χ3v) is 12.3. The van der Waals surface area contributed by atoms with Crippen molar-refractivity contribution in [1.82, 2.24) is 0 Å². The van der Waals surface area contributed by atoms with E-state index in [0.717, 1.165) is 82.6 Å². The number of ether oxygens (including phenoxy) is 2. The van der Waals surface area contributed by atoms with Gasteiger partial charge in [0.2, 0.25) is 0 Å². The highest BCUT2D eigenvalue weighted by Gasteiger charge is 2.14. The van der Waals surface area contributed by atoms with E-state index in [1.165, 1.54) is 186 Å². The molecule has 0 aliphatic heterocycles. The molecule has 0 rings (SSSR count). The zero-order valence-corrected chi connectivity index (χ0v) is 41.7. The van der Waals surface area contributed by atoms with E-state index < -0.39 is 0 Å². The average molecular weight is 868 g/mol. The highest BCUT2D eigenvalue weighted by Crippen LogP contribution is 2.22. The SMILES string of the molecule is CCCCCCCCOC(C)CCCCCCC/C(=C\CCCC(=CC(C)=O)/C=C\C(=O)C=N)CCCCCCCCC(=O)OC(CCCCCCCC)CCCCCCCC. The predicted octanol–water partition coefficient (Wildman–Crippen LogP) is 17.4. The summed E-state index contributed by atoms with van der Waals surface area (Å²) < 4.78 is 12.2. The molecule has 0 heterocycles. The maximum atomic E-state index is 12.9. The van der Waals surface area contributed by atoms with Crippen molar-refractivity contribution in [3.8, 4) is 0 Å². The van der Waals surface area contributed by atoms with Crippen LogP contribution in [-0.2, 0) is 23.9 Å². The third-order valence-electron chi connectivity index (χ3n) is 12.3. The number of esters is 1. The first-order valence-electron chi connectivity index (χ1n) is 26.7. The molecule has 0 fully saturated rings. The summed E-state index contributed by atoms with van der Waals surface area (Å²) >= 11 is 0. The van der Waals surface area contributed by atoms with Gasteiger partial charge in [0.15, 0.2) is 11.6 Å². The molecule has 6 nitrogen and oxygen atoms in total. The van der Waals surface area contributed by atoms with Crippen LogP contribution in [-0.4, -0.2) is 42.6 Å². The number of unbranched alkanes of at least 4 members (excludes halogenated alkanes) is 25. The van der Waals surface area contributed by atoms with E-state index in [1.807, 2.05) is 0 Å². The van der Waals surface area contributed by atoms with Gasteiger partial charge in [-0.25, -0.2) is 0 Å². The lowest BCUT2D eigenvalue weighted by Gasteiger charge is -2.18. The van der Waals surface area contributed by atoms with Crippen LogP contribution >= 0.6 is 0 Å². The second kappa shape index (κ2) is 46.6. The van der Waals surface area contributed by atoms with E-state index >= 15 is 0 Å². The van der Waals surface area contributed by atoms with Crippen LogP contribution in [0.2, 0.25) is 0 Å². The van der Waals surface area contributed by atoms with E-state index in [2.05, 4.69) is 33.8 Å². The van der Waals surface area contributed by atoms with Gasteiger partial charge in [0.1, 0.15) is 6.10 Å². The van der Waals surface area contributed by atoms with Gasteiger partial charge in [0.05, 0.1) is 12.3 Å². The van der Waals surface area contributed by atoms with Crippen molar-refractivity contribution >= 4 is 23.8 Å². The molecule has 0 spiro atoms. The lowest BCUT2D eigenvalue weighted by atomic mass is 9.97. The summed E-state index contributed by atoms with van der Waals surface area (Å²) in [6, 6.07) is 0. The standard InChI is InChI=1S/C56H101NO5/c1-6-9-12-15-24-31-42-55(43-32-25-16-13-10-7-2)62-56(60)44-33-26-19-18-22-29-38-52(40-34-35-41-53(48-50(4)58)45-46-54(59)49-57)39-30-23-20-21-28-37-51(5)61-47-36-27-17-14-11-8-3/h40,45-46,48-49,51,55,57H,6-39,41-44,47H2,1-5H3/b46-45-,52-40-,53-48?,57-49?. The van der Waals surface area contributed by atoms with Gasteiger partial charge < -0.3 is 14.9 Å². The molecule has 0 aromatic heterocycles. The maximum absolute atomic E-state index is 12.9. The summed E-state index contributed by atoms with van der Waals surface area (Å²) in [7, 11) is 0. The Morgan fingerprint density at radius 1 is 0.516 bits per heavy atom. The molecule has 0 saturated heterocycles. The number of allylic oxidation sites excluding steroid dienone is 6. The van der Waals surface area contributed by atoms with E-state index in [9.17, 15) is 14.4 Å². The Labute approximate surface area is 384 Å². The Morgan fingerprint density at radius 3 is 1.47 bits per heavy atom.